The first kappa shape index (κ1) is 27.3. The Hall–Kier alpha value is -4.73. The molecule has 0 bridgehead atoms. The Morgan fingerprint density at radius 3 is 2.41 bits per heavy atom. The van der Waals surface area contributed by atoms with Crippen molar-refractivity contribution >= 4 is 28.7 Å². The summed E-state index contributed by atoms with van der Waals surface area (Å²) < 4.78 is 6.97. The largest absolute Gasteiger partial charge is 0.478 e. The topological polar surface area (TPSA) is 135 Å². The first-order chi connectivity index (χ1) is 18.6. The maximum atomic E-state index is 14.1. The van der Waals surface area contributed by atoms with Crippen LogP contribution in [0.25, 0.3) is 16.6 Å². The number of aromatic nitrogens is 3. The lowest BCUT2D eigenvalue weighted by Crippen LogP contribution is -2.37. The van der Waals surface area contributed by atoms with Gasteiger partial charge in [-0.2, -0.15) is 0 Å². The van der Waals surface area contributed by atoms with Crippen molar-refractivity contribution in [1.29, 1.82) is 0 Å². The second-order valence-electron chi connectivity index (χ2n) is 9.95. The Labute approximate surface area is 225 Å². The van der Waals surface area contributed by atoms with E-state index in [0.717, 1.165) is 0 Å². The third-order valence-electron chi connectivity index (χ3n) is 5.88. The van der Waals surface area contributed by atoms with E-state index in [1.54, 1.807) is 45.0 Å². The van der Waals surface area contributed by atoms with Crippen LogP contribution in [0.15, 0.2) is 71.7 Å². The lowest BCUT2D eigenvalue weighted by molar-refractivity contribution is 0.0498. The molecule has 39 heavy (non-hydrogen) atoms. The molecule has 202 valence electrons. The standard InChI is InChI=1S/C29H31N5O5/c1-5-21(33-28(38)39-29(2,3)4)25-32-23-13-9-12-22(31-17-19-15-14-18(16-30-19)27(36)37)24(23)26(35)34(25)20-10-7-6-8-11-20/h6-16,21,31H,5,17H2,1-4H3,(H,33,38)(H,36,37). The number of carbonyl (C=O) groups is 2. The number of aromatic carboxylic acids is 1. The third kappa shape index (κ3) is 6.40. The summed E-state index contributed by atoms with van der Waals surface area (Å²) in [4.78, 5) is 46.9. The highest BCUT2D eigenvalue weighted by atomic mass is 16.6. The normalized spacial score (nSPS) is 12.1. The molecule has 0 spiro atoms. The average molecular weight is 530 g/mol. The van der Waals surface area contributed by atoms with Crippen LogP contribution in [0.5, 0.6) is 0 Å². The Bertz CT molecular complexity index is 1540. The molecule has 0 aliphatic carbocycles. The molecule has 10 nitrogen and oxygen atoms in total. The number of anilines is 1. The lowest BCUT2D eigenvalue weighted by Gasteiger charge is -2.25. The van der Waals surface area contributed by atoms with Gasteiger partial charge in [0.25, 0.3) is 5.56 Å². The molecule has 0 fully saturated rings. The monoisotopic (exact) mass is 529 g/mol. The number of hydrogen-bond donors (Lipinski definition) is 3. The second-order valence-corrected chi connectivity index (χ2v) is 9.95. The van der Waals surface area contributed by atoms with Crippen LogP contribution >= 0.6 is 0 Å². The molecule has 1 amide bonds. The van der Waals surface area contributed by atoms with E-state index >= 15 is 0 Å². The van der Waals surface area contributed by atoms with Crippen molar-refractivity contribution in [2.45, 2.75) is 52.3 Å². The van der Waals surface area contributed by atoms with Crippen molar-refractivity contribution in [3.63, 3.8) is 0 Å². The number of alkyl carbamates (subject to hydrolysis) is 1. The van der Waals surface area contributed by atoms with E-state index in [1.807, 2.05) is 37.3 Å². The first-order valence-electron chi connectivity index (χ1n) is 12.6. The van der Waals surface area contributed by atoms with Crippen molar-refractivity contribution in [2.24, 2.45) is 0 Å². The van der Waals surface area contributed by atoms with Crippen LogP contribution < -0.4 is 16.2 Å². The summed E-state index contributed by atoms with van der Waals surface area (Å²) in [7, 11) is 0. The number of nitrogens with one attached hydrogen (secondary N) is 2. The number of carboxylic acids is 1. The zero-order valence-corrected chi connectivity index (χ0v) is 22.3. The molecule has 0 saturated carbocycles. The molecular formula is C29H31N5O5. The van der Waals surface area contributed by atoms with Crippen molar-refractivity contribution in [2.75, 3.05) is 5.32 Å². The second kappa shape index (κ2) is 11.3. The highest BCUT2D eigenvalue weighted by Gasteiger charge is 2.25. The zero-order valence-electron chi connectivity index (χ0n) is 22.3. The summed E-state index contributed by atoms with van der Waals surface area (Å²) >= 11 is 0. The minimum Gasteiger partial charge on any atom is -0.478 e. The number of amides is 1. The number of ether oxygens (including phenoxy) is 1. The molecule has 2 heterocycles. The van der Waals surface area contributed by atoms with Crippen LogP contribution in [0.4, 0.5) is 10.5 Å². The number of pyridine rings is 1. The van der Waals surface area contributed by atoms with Gasteiger partial charge in [0.05, 0.1) is 40.4 Å². The summed E-state index contributed by atoms with van der Waals surface area (Å²) in [6.45, 7) is 7.52. The number of fused-ring (bicyclic) bond motifs is 1. The summed E-state index contributed by atoms with van der Waals surface area (Å²) in [5.74, 6) is -0.666. The van der Waals surface area contributed by atoms with E-state index in [-0.39, 0.29) is 17.7 Å². The predicted octanol–water partition coefficient (Wildman–Crippen LogP) is 5.07. The molecule has 2 aromatic heterocycles. The van der Waals surface area contributed by atoms with E-state index in [4.69, 9.17) is 14.8 Å². The Morgan fingerprint density at radius 2 is 1.79 bits per heavy atom. The average Bonchev–Trinajstić information content (AvgIpc) is 2.90. The fraction of sp³-hybridized carbons (Fsp3) is 0.276. The predicted molar refractivity (Wildman–Crippen MR) is 148 cm³/mol. The molecular weight excluding hydrogens is 498 g/mol. The van der Waals surface area contributed by atoms with Gasteiger partial charge in [0.15, 0.2) is 0 Å². The van der Waals surface area contributed by atoms with Crippen molar-refractivity contribution in [1.82, 2.24) is 19.9 Å². The van der Waals surface area contributed by atoms with Gasteiger partial charge in [-0.05, 0) is 63.6 Å². The van der Waals surface area contributed by atoms with Gasteiger partial charge in [0.2, 0.25) is 0 Å². The van der Waals surface area contributed by atoms with Crippen molar-refractivity contribution < 1.29 is 19.4 Å². The zero-order chi connectivity index (χ0) is 28.2. The van der Waals surface area contributed by atoms with E-state index in [0.29, 0.717) is 40.2 Å². The van der Waals surface area contributed by atoms with Crippen LogP contribution in [0.1, 0.15) is 62.0 Å². The number of nitrogens with zero attached hydrogens (tertiary/aromatic N) is 3. The van der Waals surface area contributed by atoms with E-state index in [2.05, 4.69) is 15.6 Å². The third-order valence-corrected chi connectivity index (χ3v) is 5.88. The number of carbonyl (C=O) groups excluding carboxylic acids is 1. The minimum absolute atomic E-state index is 0.0943. The molecule has 4 rings (SSSR count). The van der Waals surface area contributed by atoms with E-state index in [1.165, 1.54) is 16.8 Å². The molecule has 2 aromatic carbocycles. The number of rotatable bonds is 8. The van der Waals surface area contributed by atoms with Crippen LogP contribution in [-0.4, -0.2) is 37.3 Å². The van der Waals surface area contributed by atoms with Gasteiger partial charge in [-0.1, -0.05) is 31.2 Å². The fourth-order valence-electron chi connectivity index (χ4n) is 4.10. The van der Waals surface area contributed by atoms with Crippen molar-refractivity contribution in [3.05, 3.63) is 94.3 Å². The maximum absolute atomic E-state index is 14.1. The van der Waals surface area contributed by atoms with Crippen molar-refractivity contribution in [3.8, 4) is 5.69 Å². The summed E-state index contributed by atoms with van der Waals surface area (Å²) in [5.41, 5.74) is 1.35. The number of carboxylic acid groups (broad SMARTS) is 1. The highest BCUT2D eigenvalue weighted by Crippen LogP contribution is 2.25. The quantitative estimate of drug-likeness (QED) is 0.288. The van der Waals surface area contributed by atoms with Gasteiger partial charge in [-0.25, -0.2) is 14.6 Å². The molecule has 0 aliphatic heterocycles. The maximum Gasteiger partial charge on any atom is 0.408 e. The molecule has 0 saturated heterocycles. The number of para-hydroxylation sites is 1. The van der Waals surface area contributed by atoms with Crippen LogP contribution in [-0.2, 0) is 11.3 Å². The van der Waals surface area contributed by atoms with Crippen LogP contribution in [0.2, 0.25) is 0 Å². The summed E-state index contributed by atoms with van der Waals surface area (Å²) in [6, 6.07) is 17.0. The van der Waals surface area contributed by atoms with Gasteiger partial charge >= 0.3 is 12.1 Å². The molecule has 3 N–H and O–H groups in total. The Morgan fingerprint density at radius 1 is 1.05 bits per heavy atom. The fourth-order valence-corrected chi connectivity index (χ4v) is 4.10. The first-order valence-corrected chi connectivity index (χ1v) is 12.6. The Kier molecular flexibility index (Phi) is 7.94. The van der Waals surface area contributed by atoms with Crippen LogP contribution in [0, 0.1) is 0 Å². The molecule has 1 unspecified atom stereocenters. The molecule has 0 aliphatic rings. The van der Waals surface area contributed by atoms with Gasteiger partial charge in [0.1, 0.15) is 11.4 Å². The number of benzene rings is 2. The van der Waals surface area contributed by atoms with Gasteiger partial charge < -0.3 is 20.5 Å². The summed E-state index contributed by atoms with van der Waals surface area (Å²) in [5, 5.41) is 15.6. The molecule has 0 radical (unpaired) electrons. The Balaban J connectivity index is 1.78. The summed E-state index contributed by atoms with van der Waals surface area (Å²) in [6.07, 6.45) is 1.17. The van der Waals surface area contributed by atoms with Gasteiger partial charge in [-0.3, -0.25) is 14.3 Å². The van der Waals surface area contributed by atoms with E-state index < -0.39 is 23.7 Å². The highest BCUT2D eigenvalue weighted by molar-refractivity contribution is 5.91. The molecule has 1 atom stereocenters. The number of hydrogen-bond acceptors (Lipinski definition) is 7. The SMILES string of the molecule is CCC(NC(=O)OC(C)(C)C)c1nc2cccc(NCc3ccc(C(=O)O)cn3)c2c(=O)n1-c1ccccc1. The molecule has 10 heteroatoms. The smallest absolute Gasteiger partial charge is 0.408 e. The minimum atomic E-state index is -1.05. The van der Waals surface area contributed by atoms with E-state index in [9.17, 15) is 14.4 Å². The van der Waals surface area contributed by atoms with Gasteiger partial charge in [0, 0.05) is 11.9 Å². The molecule has 4 aromatic rings. The lowest BCUT2D eigenvalue weighted by atomic mass is 10.1. The van der Waals surface area contributed by atoms with Crippen LogP contribution in [0.3, 0.4) is 0 Å². The van der Waals surface area contributed by atoms with Gasteiger partial charge in [-0.15, -0.1) is 0 Å².